The van der Waals surface area contributed by atoms with Gasteiger partial charge in [0.05, 0.1) is 5.25 Å². The average molecular weight is 236 g/mol. The third kappa shape index (κ3) is 4.15. The highest BCUT2D eigenvalue weighted by Crippen LogP contribution is 2.27. The van der Waals surface area contributed by atoms with E-state index in [0.717, 1.165) is 0 Å². The van der Waals surface area contributed by atoms with Gasteiger partial charge in [-0.1, -0.05) is 0 Å². The van der Waals surface area contributed by atoms with Crippen LogP contribution < -0.4 is 10.0 Å². The first-order valence-electron chi connectivity index (χ1n) is 4.43. The number of rotatable bonds is 5. The van der Waals surface area contributed by atoms with E-state index in [4.69, 9.17) is 5.11 Å². The van der Waals surface area contributed by atoms with Gasteiger partial charge in [-0.15, -0.1) is 0 Å². The molecule has 2 amide bonds. The van der Waals surface area contributed by atoms with Crippen molar-refractivity contribution in [2.24, 2.45) is 0 Å². The summed E-state index contributed by atoms with van der Waals surface area (Å²) in [4.78, 5) is 21.1. The number of carboxylic acid groups (broad SMARTS) is 1. The fourth-order valence-corrected chi connectivity index (χ4v) is 2.30. The van der Waals surface area contributed by atoms with Gasteiger partial charge in [0.2, 0.25) is 15.9 Å². The number of hydrogen-bond acceptors (Lipinski definition) is 4. The lowest BCUT2D eigenvalue weighted by molar-refractivity contribution is -0.119. The van der Waals surface area contributed by atoms with Gasteiger partial charge < -0.3 is 10.4 Å². The lowest BCUT2D eigenvalue weighted by Gasteiger charge is -2.05. The van der Waals surface area contributed by atoms with Crippen molar-refractivity contribution in [1.82, 2.24) is 10.0 Å². The number of carbonyl (C=O) groups excluding carboxylic acids is 1. The van der Waals surface area contributed by atoms with Crippen LogP contribution in [0, 0.1) is 0 Å². The van der Waals surface area contributed by atoms with Crippen LogP contribution in [0.25, 0.3) is 0 Å². The third-order valence-corrected chi connectivity index (χ3v) is 3.71. The zero-order chi connectivity index (χ0) is 11.5. The number of carbonyl (C=O) groups is 2. The molecule has 0 aliphatic heterocycles. The molecule has 8 heteroatoms. The molecule has 0 saturated heterocycles. The van der Waals surface area contributed by atoms with Crippen molar-refractivity contribution in [3.8, 4) is 0 Å². The number of sulfonamides is 1. The first-order valence-corrected chi connectivity index (χ1v) is 5.97. The van der Waals surface area contributed by atoms with Crippen molar-refractivity contribution in [2.45, 2.75) is 24.5 Å². The van der Waals surface area contributed by atoms with Crippen molar-refractivity contribution in [1.29, 1.82) is 0 Å². The van der Waals surface area contributed by atoms with Crippen LogP contribution in [0.2, 0.25) is 0 Å². The fourth-order valence-electron chi connectivity index (χ4n) is 0.954. The second-order valence-corrected chi connectivity index (χ2v) is 5.21. The molecule has 1 rings (SSSR count). The zero-order valence-electron chi connectivity index (χ0n) is 7.89. The Balaban J connectivity index is 2.26. The lowest BCUT2D eigenvalue weighted by Crippen LogP contribution is -2.35. The Morgan fingerprint density at radius 2 is 1.93 bits per heavy atom. The normalized spacial score (nSPS) is 15.7. The molecule has 0 aromatic heterocycles. The van der Waals surface area contributed by atoms with Crippen molar-refractivity contribution in [2.75, 3.05) is 6.54 Å². The Hall–Kier alpha value is -1.31. The SMILES string of the molecule is O=C(O)NCCC(=O)NS(=O)(=O)C1CC1. The summed E-state index contributed by atoms with van der Waals surface area (Å²) in [6, 6.07) is 0. The minimum atomic E-state index is -3.51. The van der Waals surface area contributed by atoms with E-state index in [1.165, 1.54) is 0 Å². The smallest absolute Gasteiger partial charge is 0.404 e. The van der Waals surface area contributed by atoms with E-state index in [9.17, 15) is 18.0 Å². The maximum absolute atomic E-state index is 11.2. The third-order valence-electron chi connectivity index (χ3n) is 1.85. The zero-order valence-corrected chi connectivity index (χ0v) is 8.71. The molecule has 0 spiro atoms. The molecule has 0 aromatic rings. The molecule has 7 nitrogen and oxygen atoms in total. The highest BCUT2D eigenvalue weighted by atomic mass is 32.2. The summed E-state index contributed by atoms with van der Waals surface area (Å²) in [5, 5.41) is 9.71. The first-order chi connectivity index (χ1) is 6.92. The maximum Gasteiger partial charge on any atom is 0.404 e. The molecule has 0 bridgehead atoms. The molecule has 1 saturated carbocycles. The van der Waals surface area contributed by atoms with E-state index >= 15 is 0 Å². The van der Waals surface area contributed by atoms with E-state index in [0.29, 0.717) is 12.8 Å². The van der Waals surface area contributed by atoms with Gasteiger partial charge in [-0.25, -0.2) is 13.2 Å². The Kier molecular flexibility index (Phi) is 3.51. The van der Waals surface area contributed by atoms with Gasteiger partial charge in [0.15, 0.2) is 0 Å². The maximum atomic E-state index is 11.2. The summed E-state index contributed by atoms with van der Waals surface area (Å²) >= 11 is 0. The molecule has 0 aromatic carbocycles. The van der Waals surface area contributed by atoms with E-state index in [1.54, 1.807) is 0 Å². The van der Waals surface area contributed by atoms with Gasteiger partial charge >= 0.3 is 6.09 Å². The molecule has 0 radical (unpaired) electrons. The highest BCUT2D eigenvalue weighted by molar-refractivity contribution is 7.90. The Bertz CT molecular complexity index is 360. The monoisotopic (exact) mass is 236 g/mol. The van der Waals surface area contributed by atoms with Crippen LogP contribution in [0.4, 0.5) is 4.79 Å². The lowest BCUT2D eigenvalue weighted by atomic mass is 10.4. The van der Waals surface area contributed by atoms with Gasteiger partial charge in [-0.05, 0) is 12.8 Å². The second kappa shape index (κ2) is 4.47. The molecule has 3 N–H and O–H groups in total. The molecular weight excluding hydrogens is 224 g/mol. The van der Waals surface area contributed by atoms with Gasteiger partial charge in [0.25, 0.3) is 0 Å². The summed E-state index contributed by atoms with van der Waals surface area (Å²) in [6.07, 6.45) is -0.266. The van der Waals surface area contributed by atoms with Crippen LogP contribution in [0.3, 0.4) is 0 Å². The number of amides is 2. The van der Waals surface area contributed by atoms with Crippen molar-refractivity contribution >= 4 is 22.0 Å². The van der Waals surface area contributed by atoms with E-state index in [1.807, 2.05) is 10.0 Å². The molecule has 86 valence electrons. The Labute approximate surface area is 86.9 Å². The standard InChI is InChI=1S/C7H12N2O5S/c10-6(3-4-8-7(11)12)9-15(13,14)5-1-2-5/h5,8H,1-4H2,(H,9,10)(H,11,12). The molecule has 15 heavy (non-hydrogen) atoms. The van der Waals surface area contributed by atoms with E-state index < -0.39 is 27.3 Å². The number of hydrogen-bond donors (Lipinski definition) is 3. The van der Waals surface area contributed by atoms with Gasteiger partial charge in [-0.3, -0.25) is 9.52 Å². The second-order valence-electron chi connectivity index (χ2n) is 3.25. The molecular formula is C7H12N2O5S. The van der Waals surface area contributed by atoms with Crippen LogP contribution in [0.15, 0.2) is 0 Å². The van der Waals surface area contributed by atoms with E-state index in [-0.39, 0.29) is 13.0 Å². The fraction of sp³-hybridized carbons (Fsp3) is 0.714. The molecule has 1 fully saturated rings. The number of nitrogens with one attached hydrogen (secondary N) is 2. The minimum absolute atomic E-state index is 0.0959. The van der Waals surface area contributed by atoms with Crippen LogP contribution in [0.1, 0.15) is 19.3 Å². The Morgan fingerprint density at radius 1 is 1.33 bits per heavy atom. The molecule has 0 atom stereocenters. The van der Waals surface area contributed by atoms with Crippen LogP contribution >= 0.6 is 0 Å². The topological polar surface area (TPSA) is 113 Å². The predicted molar refractivity (Wildman–Crippen MR) is 50.7 cm³/mol. The summed E-state index contributed by atoms with van der Waals surface area (Å²) in [5.74, 6) is -0.685. The van der Waals surface area contributed by atoms with Gasteiger partial charge in [-0.2, -0.15) is 0 Å². The van der Waals surface area contributed by atoms with Crippen molar-refractivity contribution in [3.63, 3.8) is 0 Å². The van der Waals surface area contributed by atoms with E-state index in [2.05, 4.69) is 0 Å². The molecule has 1 aliphatic rings. The summed E-state index contributed by atoms with van der Waals surface area (Å²) in [5.41, 5.74) is 0. The summed E-state index contributed by atoms with van der Waals surface area (Å²) < 4.78 is 24.4. The first kappa shape index (κ1) is 11.8. The predicted octanol–water partition coefficient (Wildman–Crippen LogP) is -0.748. The van der Waals surface area contributed by atoms with Crippen LogP contribution in [-0.2, 0) is 14.8 Å². The van der Waals surface area contributed by atoms with Gasteiger partial charge in [0.1, 0.15) is 0 Å². The summed E-state index contributed by atoms with van der Waals surface area (Å²) in [6.45, 7) is -0.0959. The molecule has 1 aliphatic carbocycles. The average Bonchev–Trinajstić information content (AvgIpc) is 2.83. The summed E-state index contributed by atoms with van der Waals surface area (Å²) in [7, 11) is -3.51. The van der Waals surface area contributed by atoms with Crippen LogP contribution in [-0.4, -0.2) is 37.3 Å². The highest BCUT2D eigenvalue weighted by Gasteiger charge is 2.36. The largest absolute Gasteiger partial charge is 0.465 e. The molecule has 0 heterocycles. The minimum Gasteiger partial charge on any atom is -0.465 e. The Morgan fingerprint density at radius 3 is 2.40 bits per heavy atom. The molecule has 0 unspecified atom stereocenters. The van der Waals surface area contributed by atoms with Crippen molar-refractivity contribution in [3.05, 3.63) is 0 Å². The quantitative estimate of drug-likeness (QED) is 0.581. The van der Waals surface area contributed by atoms with Crippen molar-refractivity contribution < 1.29 is 23.1 Å². The van der Waals surface area contributed by atoms with Crippen LogP contribution in [0.5, 0.6) is 0 Å². The van der Waals surface area contributed by atoms with Gasteiger partial charge in [0, 0.05) is 13.0 Å².